The molecule has 2 N–H and O–H groups in total. The van der Waals surface area contributed by atoms with Gasteiger partial charge in [0, 0.05) is 6.21 Å². The largest absolute Gasteiger partial charge is 0.497 e. The number of rotatable bonds is 4. The summed E-state index contributed by atoms with van der Waals surface area (Å²) in [5.41, 5.74) is 7.43. The summed E-state index contributed by atoms with van der Waals surface area (Å²) in [5.74, 6) is 0.862. The first-order valence-corrected chi connectivity index (χ1v) is 4.77. The van der Waals surface area contributed by atoms with Crippen LogP contribution in [0.3, 0.4) is 0 Å². The molecule has 1 aromatic rings. The Kier molecular flexibility index (Phi) is 4.41. The lowest BCUT2D eigenvalue weighted by Gasteiger charge is -2.00. The summed E-state index contributed by atoms with van der Waals surface area (Å²) in [6.45, 7) is 2.58. The molecule has 0 aliphatic heterocycles. The van der Waals surface area contributed by atoms with E-state index in [-0.39, 0.29) is 0 Å². The zero-order valence-electron chi connectivity index (χ0n) is 9.10. The Balaban J connectivity index is 2.54. The van der Waals surface area contributed by atoms with Gasteiger partial charge in [0.25, 0.3) is 0 Å². The van der Waals surface area contributed by atoms with Crippen molar-refractivity contribution in [3.05, 3.63) is 41.6 Å². The second kappa shape index (κ2) is 5.86. The van der Waals surface area contributed by atoms with Crippen LogP contribution in [0.5, 0.6) is 5.75 Å². The van der Waals surface area contributed by atoms with Crippen LogP contribution < -0.4 is 10.5 Å². The molecular formula is C12H16N2O. The maximum absolute atomic E-state index is 5.32. The molecule has 0 saturated carbocycles. The third kappa shape index (κ3) is 3.85. The minimum absolute atomic E-state index is 0.662. The molecule has 0 spiro atoms. The van der Waals surface area contributed by atoms with Gasteiger partial charge in [-0.15, -0.1) is 0 Å². The maximum Gasteiger partial charge on any atom is 0.118 e. The van der Waals surface area contributed by atoms with Crippen LogP contribution in [0.2, 0.25) is 0 Å². The highest BCUT2D eigenvalue weighted by Gasteiger charge is 1.91. The Hall–Kier alpha value is -1.77. The molecule has 1 rings (SSSR count). The van der Waals surface area contributed by atoms with Gasteiger partial charge in [0.1, 0.15) is 5.75 Å². The SMILES string of the molecule is COc1ccc(CN=CC(C)=CN)cc1. The normalized spacial score (nSPS) is 12.0. The zero-order chi connectivity index (χ0) is 11.1. The van der Waals surface area contributed by atoms with Crippen LogP contribution in [0.15, 0.2) is 41.0 Å². The average molecular weight is 204 g/mol. The lowest BCUT2D eigenvalue weighted by molar-refractivity contribution is 0.414. The van der Waals surface area contributed by atoms with Gasteiger partial charge in [-0.3, -0.25) is 4.99 Å². The Morgan fingerprint density at radius 2 is 2.07 bits per heavy atom. The van der Waals surface area contributed by atoms with E-state index in [0.717, 1.165) is 16.9 Å². The van der Waals surface area contributed by atoms with Gasteiger partial charge in [-0.05, 0) is 36.4 Å². The van der Waals surface area contributed by atoms with E-state index in [1.807, 2.05) is 31.2 Å². The summed E-state index contributed by atoms with van der Waals surface area (Å²) in [5, 5.41) is 0. The summed E-state index contributed by atoms with van der Waals surface area (Å²) in [7, 11) is 1.66. The molecule has 0 fully saturated rings. The second-order valence-electron chi connectivity index (χ2n) is 3.23. The topological polar surface area (TPSA) is 47.6 Å². The lowest BCUT2D eigenvalue weighted by Crippen LogP contribution is -1.88. The smallest absolute Gasteiger partial charge is 0.118 e. The molecule has 3 heteroatoms. The molecule has 0 bridgehead atoms. The van der Waals surface area contributed by atoms with Crippen molar-refractivity contribution < 1.29 is 4.74 Å². The van der Waals surface area contributed by atoms with Gasteiger partial charge in [-0.2, -0.15) is 0 Å². The van der Waals surface area contributed by atoms with Gasteiger partial charge in [0.05, 0.1) is 13.7 Å². The minimum atomic E-state index is 0.662. The van der Waals surface area contributed by atoms with Crippen LogP contribution in [0.1, 0.15) is 12.5 Å². The molecule has 3 nitrogen and oxygen atoms in total. The van der Waals surface area contributed by atoms with Crippen molar-refractivity contribution in [3.63, 3.8) is 0 Å². The predicted molar refractivity (Wildman–Crippen MR) is 63.1 cm³/mol. The Bertz CT molecular complexity index is 352. The summed E-state index contributed by atoms with van der Waals surface area (Å²) in [4.78, 5) is 4.25. The standard InChI is InChI=1S/C12H16N2O/c1-10(7-13)8-14-9-11-3-5-12(15-2)6-4-11/h3-8H,9,13H2,1-2H3. The quantitative estimate of drug-likeness (QED) is 0.764. The number of hydrogen-bond donors (Lipinski definition) is 1. The van der Waals surface area contributed by atoms with Gasteiger partial charge in [-0.1, -0.05) is 12.1 Å². The van der Waals surface area contributed by atoms with Gasteiger partial charge in [0.2, 0.25) is 0 Å². The van der Waals surface area contributed by atoms with Crippen molar-refractivity contribution in [2.45, 2.75) is 13.5 Å². The van der Waals surface area contributed by atoms with E-state index in [1.54, 1.807) is 13.3 Å². The van der Waals surface area contributed by atoms with Crippen LogP contribution in [0, 0.1) is 0 Å². The van der Waals surface area contributed by atoms with E-state index in [0.29, 0.717) is 6.54 Å². The van der Waals surface area contributed by atoms with Crippen molar-refractivity contribution in [1.29, 1.82) is 0 Å². The summed E-state index contributed by atoms with van der Waals surface area (Å²) < 4.78 is 5.07. The summed E-state index contributed by atoms with van der Waals surface area (Å²) in [6, 6.07) is 7.85. The highest BCUT2D eigenvalue weighted by molar-refractivity contribution is 5.77. The zero-order valence-corrected chi connectivity index (χ0v) is 9.10. The highest BCUT2D eigenvalue weighted by Crippen LogP contribution is 2.11. The van der Waals surface area contributed by atoms with Crippen LogP contribution in [0.25, 0.3) is 0 Å². The highest BCUT2D eigenvalue weighted by atomic mass is 16.5. The van der Waals surface area contributed by atoms with E-state index in [9.17, 15) is 0 Å². The monoisotopic (exact) mass is 204 g/mol. The Morgan fingerprint density at radius 1 is 1.40 bits per heavy atom. The van der Waals surface area contributed by atoms with Gasteiger partial charge in [0.15, 0.2) is 0 Å². The lowest BCUT2D eigenvalue weighted by atomic mass is 10.2. The summed E-state index contributed by atoms with van der Waals surface area (Å²) >= 11 is 0. The van der Waals surface area contributed by atoms with E-state index >= 15 is 0 Å². The minimum Gasteiger partial charge on any atom is -0.497 e. The van der Waals surface area contributed by atoms with Crippen LogP contribution >= 0.6 is 0 Å². The van der Waals surface area contributed by atoms with Gasteiger partial charge in [-0.25, -0.2) is 0 Å². The van der Waals surface area contributed by atoms with Crippen molar-refractivity contribution in [1.82, 2.24) is 0 Å². The number of nitrogens with zero attached hydrogens (tertiary/aromatic N) is 1. The molecule has 0 amide bonds. The third-order valence-electron chi connectivity index (χ3n) is 1.99. The number of hydrogen-bond acceptors (Lipinski definition) is 3. The third-order valence-corrected chi connectivity index (χ3v) is 1.99. The number of nitrogens with two attached hydrogens (primary N) is 1. The van der Waals surface area contributed by atoms with Gasteiger partial charge < -0.3 is 10.5 Å². The van der Waals surface area contributed by atoms with Crippen molar-refractivity contribution in [2.75, 3.05) is 7.11 Å². The fourth-order valence-corrected chi connectivity index (χ4v) is 1.07. The first-order chi connectivity index (χ1) is 7.26. The number of aliphatic imine (C=N–C) groups is 1. The molecule has 0 aliphatic carbocycles. The van der Waals surface area contributed by atoms with Crippen molar-refractivity contribution >= 4 is 6.21 Å². The molecule has 0 saturated heterocycles. The van der Waals surface area contributed by atoms with E-state index < -0.39 is 0 Å². The Morgan fingerprint density at radius 3 is 2.60 bits per heavy atom. The maximum atomic E-state index is 5.32. The number of methoxy groups -OCH3 is 1. The van der Waals surface area contributed by atoms with E-state index in [2.05, 4.69) is 4.99 Å². The first-order valence-electron chi connectivity index (χ1n) is 4.77. The summed E-state index contributed by atoms with van der Waals surface area (Å²) in [6.07, 6.45) is 3.31. The van der Waals surface area contributed by atoms with E-state index in [1.165, 1.54) is 6.20 Å². The fraction of sp³-hybridized carbons (Fsp3) is 0.250. The number of ether oxygens (including phenoxy) is 1. The predicted octanol–water partition coefficient (Wildman–Crippen LogP) is 2.13. The molecular weight excluding hydrogens is 188 g/mol. The molecule has 0 unspecified atom stereocenters. The molecule has 0 atom stereocenters. The average Bonchev–Trinajstić information content (AvgIpc) is 2.29. The van der Waals surface area contributed by atoms with Crippen molar-refractivity contribution in [3.8, 4) is 5.75 Å². The second-order valence-corrected chi connectivity index (χ2v) is 3.23. The molecule has 0 heterocycles. The molecule has 0 aromatic heterocycles. The molecule has 1 aromatic carbocycles. The Labute approximate surface area is 90.3 Å². The van der Waals surface area contributed by atoms with Crippen LogP contribution in [0.4, 0.5) is 0 Å². The number of allylic oxidation sites excluding steroid dienone is 1. The van der Waals surface area contributed by atoms with Crippen LogP contribution in [-0.2, 0) is 6.54 Å². The molecule has 0 radical (unpaired) electrons. The van der Waals surface area contributed by atoms with Crippen molar-refractivity contribution in [2.24, 2.45) is 10.7 Å². The molecule has 0 aliphatic rings. The van der Waals surface area contributed by atoms with Crippen LogP contribution in [-0.4, -0.2) is 13.3 Å². The van der Waals surface area contributed by atoms with Gasteiger partial charge >= 0.3 is 0 Å². The first kappa shape index (κ1) is 11.3. The fourth-order valence-electron chi connectivity index (χ4n) is 1.07. The number of benzene rings is 1. The van der Waals surface area contributed by atoms with E-state index in [4.69, 9.17) is 10.5 Å². The molecule has 15 heavy (non-hydrogen) atoms. The molecule has 80 valence electrons.